The summed E-state index contributed by atoms with van der Waals surface area (Å²) in [5, 5.41) is 0. The molecule has 90 valence electrons. The highest BCUT2D eigenvalue weighted by Crippen LogP contribution is 2.21. The first-order valence-electron chi connectivity index (χ1n) is 5.70. The van der Waals surface area contributed by atoms with Crippen LogP contribution in [0.4, 0.5) is 0 Å². The number of hydrogen-bond acceptors (Lipinski definition) is 3. The molecule has 2 rings (SSSR count). The summed E-state index contributed by atoms with van der Waals surface area (Å²) in [6.07, 6.45) is 0.370. The first-order chi connectivity index (χ1) is 8.18. The normalized spacial score (nSPS) is 20.1. The molecule has 0 saturated carbocycles. The van der Waals surface area contributed by atoms with Crippen LogP contribution in [0.5, 0.6) is 0 Å². The Labute approximate surface area is 105 Å². The van der Waals surface area contributed by atoms with Crippen LogP contribution in [0.1, 0.15) is 13.3 Å². The number of likely N-dealkylation sites (tertiary alicyclic amines) is 1. The SMILES string of the molecule is CC1CC(=O)N(CCSc2ccccc2)C1=O. The summed E-state index contributed by atoms with van der Waals surface area (Å²) in [5.74, 6) is 0.567. The van der Waals surface area contributed by atoms with Gasteiger partial charge in [-0.05, 0) is 12.1 Å². The monoisotopic (exact) mass is 249 g/mol. The first-order valence-corrected chi connectivity index (χ1v) is 6.69. The molecule has 1 aliphatic heterocycles. The maximum atomic E-state index is 11.7. The van der Waals surface area contributed by atoms with Crippen LogP contribution in [0, 0.1) is 5.92 Å². The molecule has 1 aromatic carbocycles. The Hall–Kier alpha value is -1.29. The average molecular weight is 249 g/mol. The maximum Gasteiger partial charge on any atom is 0.232 e. The van der Waals surface area contributed by atoms with Crippen molar-refractivity contribution in [2.75, 3.05) is 12.3 Å². The number of rotatable bonds is 4. The summed E-state index contributed by atoms with van der Waals surface area (Å²) in [7, 11) is 0. The fraction of sp³-hybridized carbons (Fsp3) is 0.385. The van der Waals surface area contributed by atoms with E-state index in [1.807, 2.05) is 37.3 Å². The van der Waals surface area contributed by atoms with Crippen molar-refractivity contribution >= 4 is 23.6 Å². The Morgan fingerprint density at radius 3 is 2.59 bits per heavy atom. The Kier molecular flexibility index (Phi) is 3.84. The zero-order chi connectivity index (χ0) is 12.3. The van der Waals surface area contributed by atoms with Gasteiger partial charge in [0.2, 0.25) is 11.8 Å². The molecule has 2 amide bonds. The molecule has 0 aromatic heterocycles. The predicted molar refractivity (Wildman–Crippen MR) is 67.7 cm³/mol. The Morgan fingerprint density at radius 1 is 1.29 bits per heavy atom. The van der Waals surface area contributed by atoms with E-state index in [1.54, 1.807) is 11.8 Å². The van der Waals surface area contributed by atoms with E-state index in [1.165, 1.54) is 9.80 Å². The number of benzene rings is 1. The minimum Gasteiger partial charge on any atom is -0.282 e. The molecule has 1 heterocycles. The van der Waals surface area contributed by atoms with Crippen molar-refractivity contribution < 1.29 is 9.59 Å². The highest BCUT2D eigenvalue weighted by molar-refractivity contribution is 7.99. The highest BCUT2D eigenvalue weighted by atomic mass is 32.2. The molecule has 1 fully saturated rings. The van der Waals surface area contributed by atoms with Crippen LogP contribution in [0.25, 0.3) is 0 Å². The van der Waals surface area contributed by atoms with Crippen LogP contribution in [-0.4, -0.2) is 29.0 Å². The van der Waals surface area contributed by atoms with Crippen molar-refractivity contribution in [1.82, 2.24) is 4.90 Å². The largest absolute Gasteiger partial charge is 0.282 e. The fourth-order valence-electron chi connectivity index (χ4n) is 1.85. The molecule has 17 heavy (non-hydrogen) atoms. The van der Waals surface area contributed by atoms with Gasteiger partial charge in [0.1, 0.15) is 0 Å². The second kappa shape index (κ2) is 5.36. The summed E-state index contributed by atoms with van der Waals surface area (Å²) >= 11 is 1.67. The summed E-state index contributed by atoms with van der Waals surface area (Å²) in [6.45, 7) is 2.33. The number of nitrogens with zero attached hydrogens (tertiary/aromatic N) is 1. The smallest absolute Gasteiger partial charge is 0.232 e. The highest BCUT2D eigenvalue weighted by Gasteiger charge is 2.34. The van der Waals surface area contributed by atoms with E-state index in [0.29, 0.717) is 13.0 Å². The van der Waals surface area contributed by atoms with E-state index in [0.717, 1.165) is 5.75 Å². The Bertz CT molecular complexity index is 419. The van der Waals surface area contributed by atoms with Gasteiger partial charge in [-0.2, -0.15) is 0 Å². The number of carbonyl (C=O) groups excluding carboxylic acids is 2. The van der Waals surface area contributed by atoms with Gasteiger partial charge in [-0.1, -0.05) is 25.1 Å². The van der Waals surface area contributed by atoms with Gasteiger partial charge in [0.15, 0.2) is 0 Å². The van der Waals surface area contributed by atoms with E-state index in [4.69, 9.17) is 0 Å². The topological polar surface area (TPSA) is 37.4 Å². The van der Waals surface area contributed by atoms with E-state index in [9.17, 15) is 9.59 Å². The van der Waals surface area contributed by atoms with Crippen molar-refractivity contribution in [3.63, 3.8) is 0 Å². The summed E-state index contributed by atoms with van der Waals surface area (Å²) in [5.41, 5.74) is 0. The molecule has 1 unspecified atom stereocenters. The van der Waals surface area contributed by atoms with E-state index in [-0.39, 0.29) is 17.7 Å². The van der Waals surface area contributed by atoms with Crippen molar-refractivity contribution in [2.24, 2.45) is 5.92 Å². The van der Waals surface area contributed by atoms with Crippen LogP contribution >= 0.6 is 11.8 Å². The van der Waals surface area contributed by atoms with Crippen molar-refractivity contribution in [3.8, 4) is 0 Å². The van der Waals surface area contributed by atoms with Crippen molar-refractivity contribution in [2.45, 2.75) is 18.2 Å². The standard InChI is InChI=1S/C13H15NO2S/c1-10-9-12(15)14(13(10)16)7-8-17-11-5-3-2-4-6-11/h2-6,10H,7-9H2,1H3. The lowest BCUT2D eigenvalue weighted by Gasteiger charge is -2.13. The van der Waals surface area contributed by atoms with Crippen molar-refractivity contribution in [3.05, 3.63) is 30.3 Å². The lowest BCUT2D eigenvalue weighted by atomic mass is 10.1. The van der Waals surface area contributed by atoms with Crippen LogP contribution in [0.2, 0.25) is 0 Å². The number of thioether (sulfide) groups is 1. The molecule has 0 N–H and O–H groups in total. The van der Waals surface area contributed by atoms with Gasteiger partial charge >= 0.3 is 0 Å². The molecule has 3 nitrogen and oxygen atoms in total. The molecule has 1 saturated heterocycles. The molecule has 4 heteroatoms. The molecule has 0 spiro atoms. The summed E-state index contributed by atoms with van der Waals surface area (Å²) in [4.78, 5) is 25.7. The molecule has 1 atom stereocenters. The molecule has 1 aliphatic rings. The molecular formula is C13H15NO2S. The summed E-state index contributed by atoms with van der Waals surface area (Å²) in [6, 6.07) is 9.99. The van der Waals surface area contributed by atoms with Gasteiger partial charge in [-0.25, -0.2) is 0 Å². The zero-order valence-electron chi connectivity index (χ0n) is 9.76. The molecule has 0 radical (unpaired) electrons. The van der Waals surface area contributed by atoms with Gasteiger partial charge in [-0.3, -0.25) is 14.5 Å². The summed E-state index contributed by atoms with van der Waals surface area (Å²) < 4.78 is 0. The lowest BCUT2D eigenvalue weighted by molar-refractivity contribution is -0.138. The average Bonchev–Trinajstić information content (AvgIpc) is 2.57. The first kappa shape index (κ1) is 12.2. The maximum absolute atomic E-state index is 11.7. The predicted octanol–water partition coefficient (Wildman–Crippen LogP) is 2.17. The fourth-order valence-corrected chi connectivity index (χ4v) is 2.71. The van der Waals surface area contributed by atoms with Crippen molar-refractivity contribution in [1.29, 1.82) is 0 Å². The van der Waals surface area contributed by atoms with E-state index in [2.05, 4.69) is 0 Å². The molecule has 1 aromatic rings. The third-order valence-corrected chi connectivity index (χ3v) is 3.79. The number of carbonyl (C=O) groups is 2. The number of amides is 2. The Balaban J connectivity index is 1.83. The molecule has 0 bridgehead atoms. The number of imide groups is 1. The van der Waals surface area contributed by atoms with Crippen LogP contribution in [-0.2, 0) is 9.59 Å². The van der Waals surface area contributed by atoms with Gasteiger partial charge < -0.3 is 0 Å². The van der Waals surface area contributed by atoms with E-state index >= 15 is 0 Å². The zero-order valence-corrected chi connectivity index (χ0v) is 10.6. The van der Waals surface area contributed by atoms with Crippen LogP contribution < -0.4 is 0 Å². The van der Waals surface area contributed by atoms with Crippen LogP contribution in [0.3, 0.4) is 0 Å². The lowest BCUT2D eigenvalue weighted by Crippen LogP contribution is -2.32. The number of hydrogen-bond donors (Lipinski definition) is 0. The van der Waals surface area contributed by atoms with Crippen LogP contribution in [0.15, 0.2) is 35.2 Å². The van der Waals surface area contributed by atoms with Gasteiger partial charge in [0.25, 0.3) is 0 Å². The second-order valence-electron chi connectivity index (χ2n) is 4.15. The second-order valence-corrected chi connectivity index (χ2v) is 5.32. The third kappa shape index (κ3) is 2.88. The molecule has 0 aliphatic carbocycles. The molecular weight excluding hydrogens is 234 g/mol. The van der Waals surface area contributed by atoms with E-state index < -0.39 is 0 Å². The third-order valence-electron chi connectivity index (χ3n) is 2.80. The minimum absolute atomic E-state index is 0.0244. The quantitative estimate of drug-likeness (QED) is 0.606. The Morgan fingerprint density at radius 2 is 2.00 bits per heavy atom. The van der Waals surface area contributed by atoms with Gasteiger partial charge in [0.05, 0.1) is 0 Å². The van der Waals surface area contributed by atoms with Gasteiger partial charge in [0, 0.05) is 29.5 Å². The van der Waals surface area contributed by atoms with Gasteiger partial charge in [-0.15, -0.1) is 11.8 Å². The minimum atomic E-state index is -0.135.